The Kier molecular flexibility index (Phi) is 5.21. The lowest BCUT2D eigenvalue weighted by atomic mass is 10.1. The molecule has 6 nitrogen and oxygen atoms in total. The molecule has 0 aromatic rings. The molecular weight excluding hydrogens is 208 g/mol. The van der Waals surface area contributed by atoms with Crippen LogP contribution in [0.15, 0.2) is 0 Å². The minimum Gasteiger partial charge on any atom is -0.355 e. The molecule has 1 unspecified atom stereocenters. The molecule has 1 rings (SSSR count). The Labute approximate surface area is 95.8 Å². The molecule has 1 aliphatic heterocycles. The van der Waals surface area contributed by atoms with Gasteiger partial charge in [-0.1, -0.05) is 0 Å². The number of nitrogens with zero attached hydrogens (tertiary/aromatic N) is 1. The molecular formula is C10H20N4O2. The van der Waals surface area contributed by atoms with Crippen LogP contribution < -0.4 is 16.0 Å². The van der Waals surface area contributed by atoms with Gasteiger partial charge in [-0.3, -0.25) is 9.59 Å². The lowest BCUT2D eigenvalue weighted by Gasteiger charge is -2.23. The number of piperazine rings is 1. The summed E-state index contributed by atoms with van der Waals surface area (Å²) in [4.78, 5) is 24.8. The second-order valence-electron chi connectivity index (χ2n) is 4.16. The van der Waals surface area contributed by atoms with Crippen molar-refractivity contribution in [2.75, 3.05) is 40.3 Å². The Bertz CT molecular complexity index is 255. The van der Waals surface area contributed by atoms with Crippen LogP contribution in [0, 0.1) is 0 Å². The summed E-state index contributed by atoms with van der Waals surface area (Å²) >= 11 is 0. The molecule has 0 aromatic heterocycles. The lowest BCUT2D eigenvalue weighted by Crippen LogP contribution is -2.54. The van der Waals surface area contributed by atoms with Crippen molar-refractivity contribution >= 4 is 11.8 Å². The Morgan fingerprint density at radius 3 is 2.88 bits per heavy atom. The van der Waals surface area contributed by atoms with Gasteiger partial charge in [0.1, 0.15) is 0 Å². The largest absolute Gasteiger partial charge is 0.355 e. The third kappa shape index (κ3) is 4.59. The highest BCUT2D eigenvalue weighted by atomic mass is 16.2. The average molecular weight is 228 g/mol. The Morgan fingerprint density at radius 1 is 1.50 bits per heavy atom. The molecule has 0 saturated carbocycles. The quantitative estimate of drug-likeness (QED) is 0.516. The Hall–Kier alpha value is -1.14. The van der Waals surface area contributed by atoms with Crippen molar-refractivity contribution in [3.63, 3.8) is 0 Å². The van der Waals surface area contributed by atoms with Crippen molar-refractivity contribution in [2.24, 2.45) is 0 Å². The van der Waals surface area contributed by atoms with E-state index in [-0.39, 0.29) is 24.3 Å². The van der Waals surface area contributed by atoms with Crippen LogP contribution in [0.25, 0.3) is 0 Å². The highest BCUT2D eigenvalue weighted by Crippen LogP contribution is 1.95. The van der Waals surface area contributed by atoms with Crippen molar-refractivity contribution in [1.29, 1.82) is 0 Å². The van der Waals surface area contributed by atoms with Crippen LogP contribution in [0.2, 0.25) is 0 Å². The molecule has 3 N–H and O–H groups in total. The molecule has 1 atom stereocenters. The van der Waals surface area contributed by atoms with E-state index in [0.29, 0.717) is 13.1 Å². The fourth-order valence-electron chi connectivity index (χ4n) is 1.49. The van der Waals surface area contributed by atoms with Crippen molar-refractivity contribution in [2.45, 2.75) is 12.5 Å². The molecule has 1 fully saturated rings. The predicted molar refractivity (Wildman–Crippen MR) is 61.0 cm³/mol. The molecule has 6 heteroatoms. The van der Waals surface area contributed by atoms with E-state index in [1.807, 2.05) is 19.0 Å². The van der Waals surface area contributed by atoms with Crippen LogP contribution >= 0.6 is 0 Å². The number of nitrogens with one attached hydrogen (secondary N) is 3. The van der Waals surface area contributed by atoms with E-state index < -0.39 is 0 Å². The number of likely N-dealkylation sites (N-methyl/N-ethyl adjacent to an activating group) is 1. The maximum absolute atomic E-state index is 11.5. The summed E-state index contributed by atoms with van der Waals surface area (Å²) in [6, 6.07) is -0.381. The number of hydrogen-bond acceptors (Lipinski definition) is 4. The van der Waals surface area contributed by atoms with E-state index >= 15 is 0 Å². The van der Waals surface area contributed by atoms with Crippen molar-refractivity contribution < 1.29 is 9.59 Å². The minimum atomic E-state index is -0.381. The molecule has 1 heterocycles. The molecule has 16 heavy (non-hydrogen) atoms. The molecule has 92 valence electrons. The van der Waals surface area contributed by atoms with Gasteiger partial charge in [0.15, 0.2) is 0 Å². The van der Waals surface area contributed by atoms with Gasteiger partial charge in [0, 0.05) is 26.2 Å². The van der Waals surface area contributed by atoms with E-state index in [4.69, 9.17) is 0 Å². The van der Waals surface area contributed by atoms with Crippen LogP contribution in [0.5, 0.6) is 0 Å². The van der Waals surface area contributed by atoms with Crippen molar-refractivity contribution in [3.05, 3.63) is 0 Å². The van der Waals surface area contributed by atoms with Crippen LogP contribution in [0.4, 0.5) is 0 Å². The first-order chi connectivity index (χ1) is 7.59. The number of carbonyl (C=O) groups excluding carboxylic acids is 2. The summed E-state index contributed by atoms with van der Waals surface area (Å²) < 4.78 is 0. The highest BCUT2D eigenvalue weighted by Gasteiger charge is 2.23. The summed E-state index contributed by atoms with van der Waals surface area (Å²) in [6.07, 6.45) is 0.208. The maximum atomic E-state index is 11.5. The number of carbonyl (C=O) groups is 2. The first-order valence-electron chi connectivity index (χ1n) is 5.52. The number of hydrogen-bond donors (Lipinski definition) is 3. The maximum Gasteiger partial charge on any atom is 0.237 e. The van der Waals surface area contributed by atoms with Crippen LogP contribution in [-0.4, -0.2) is 63.0 Å². The average Bonchev–Trinajstić information content (AvgIpc) is 2.21. The van der Waals surface area contributed by atoms with E-state index in [1.54, 1.807) is 0 Å². The Morgan fingerprint density at radius 2 is 2.25 bits per heavy atom. The fraction of sp³-hybridized carbons (Fsp3) is 0.800. The topological polar surface area (TPSA) is 73.5 Å². The number of rotatable bonds is 5. The first kappa shape index (κ1) is 12.9. The summed E-state index contributed by atoms with van der Waals surface area (Å²) in [5, 5.41) is 8.52. The Balaban J connectivity index is 2.20. The molecule has 0 spiro atoms. The van der Waals surface area contributed by atoms with Crippen LogP contribution in [0.1, 0.15) is 6.42 Å². The van der Waals surface area contributed by atoms with Gasteiger partial charge < -0.3 is 20.9 Å². The summed E-state index contributed by atoms with van der Waals surface area (Å²) in [5.74, 6) is -0.176. The molecule has 1 saturated heterocycles. The molecule has 0 radical (unpaired) electrons. The molecule has 0 bridgehead atoms. The van der Waals surface area contributed by atoms with Gasteiger partial charge in [-0.05, 0) is 14.1 Å². The van der Waals surface area contributed by atoms with E-state index in [0.717, 1.165) is 13.1 Å². The van der Waals surface area contributed by atoms with Gasteiger partial charge in [-0.15, -0.1) is 0 Å². The monoisotopic (exact) mass is 228 g/mol. The number of amides is 2. The zero-order valence-corrected chi connectivity index (χ0v) is 9.88. The minimum absolute atomic E-state index is 0.0867. The lowest BCUT2D eigenvalue weighted by molar-refractivity contribution is -0.129. The SMILES string of the molecule is CN(C)CCNC(=O)CC1NCCNC1=O. The van der Waals surface area contributed by atoms with Crippen LogP contribution in [-0.2, 0) is 9.59 Å². The van der Waals surface area contributed by atoms with Crippen molar-refractivity contribution in [3.8, 4) is 0 Å². The van der Waals surface area contributed by atoms with E-state index in [1.165, 1.54) is 0 Å². The highest BCUT2D eigenvalue weighted by molar-refractivity contribution is 5.88. The molecule has 2 amide bonds. The van der Waals surface area contributed by atoms with Gasteiger partial charge in [-0.2, -0.15) is 0 Å². The molecule has 0 aromatic carbocycles. The normalized spacial score (nSPS) is 20.7. The van der Waals surface area contributed by atoms with E-state index in [2.05, 4.69) is 16.0 Å². The van der Waals surface area contributed by atoms with Gasteiger partial charge in [-0.25, -0.2) is 0 Å². The zero-order chi connectivity index (χ0) is 12.0. The van der Waals surface area contributed by atoms with Gasteiger partial charge in [0.05, 0.1) is 12.5 Å². The second-order valence-corrected chi connectivity index (χ2v) is 4.16. The van der Waals surface area contributed by atoms with Crippen LogP contribution in [0.3, 0.4) is 0 Å². The van der Waals surface area contributed by atoms with Gasteiger partial charge in [0.25, 0.3) is 0 Å². The first-order valence-corrected chi connectivity index (χ1v) is 5.52. The third-order valence-electron chi connectivity index (χ3n) is 2.40. The fourth-order valence-corrected chi connectivity index (χ4v) is 1.49. The third-order valence-corrected chi connectivity index (χ3v) is 2.40. The van der Waals surface area contributed by atoms with Crippen molar-refractivity contribution in [1.82, 2.24) is 20.9 Å². The molecule has 1 aliphatic rings. The summed E-state index contributed by atoms with van der Waals surface area (Å²) in [6.45, 7) is 2.77. The molecule has 0 aliphatic carbocycles. The summed E-state index contributed by atoms with van der Waals surface area (Å²) in [7, 11) is 3.89. The van der Waals surface area contributed by atoms with Gasteiger partial charge >= 0.3 is 0 Å². The summed E-state index contributed by atoms with van der Waals surface area (Å²) in [5.41, 5.74) is 0. The smallest absolute Gasteiger partial charge is 0.237 e. The second kappa shape index (κ2) is 6.44. The van der Waals surface area contributed by atoms with Gasteiger partial charge in [0.2, 0.25) is 11.8 Å². The predicted octanol–water partition coefficient (Wildman–Crippen LogP) is -1.86. The standard InChI is InChI=1S/C10H20N4O2/c1-14(2)6-5-12-9(15)7-8-10(16)13-4-3-11-8/h8,11H,3-7H2,1-2H3,(H,12,15)(H,13,16). The zero-order valence-electron chi connectivity index (χ0n) is 9.88. The van der Waals surface area contributed by atoms with E-state index in [9.17, 15) is 9.59 Å².